The number of carbonyl (C=O) groups excluding carboxylic acids is 1. The van der Waals surface area contributed by atoms with E-state index in [1.54, 1.807) is 0 Å². The molecule has 7 heteroatoms. The Bertz CT molecular complexity index is 941. The van der Waals surface area contributed by atoms with E-state index in [4.69, 9.17) is 0 Å². The molecule has 1 aliphatic heterocycles. The molecule has 1 amide bonds. The zero-order valence-electron chi connectivity index (χ0n) is 17.8. The van der Waals surface area contributed by atoms with E-state index in [-0.39, 0.29) is 24.9 Å². The van der Waals surface area contributed by atoms with E-state index in [1.165, 1.54) is 12.8 Å². The topological polar surface area (TPSA) is 69.7 Å². The van der Waals surface area contributed by atoms with Crippen LogP contribution in [0.15, 0.2) is 54.6 Å². The first-order valence-electron chi connectivity index (χ1n) is 10.4. The van der Waals surface area contributed by atoms with Crippen molar-refractivity contribution in [1.29, 1.82) is 0 Å². The van der Waals surface area contributed by atoms with Gasteiger partial charge in [0.05, 0.1) is 18.7 Å². The third-order valence-corrected chi connectivity index (χ3v) is 6.33. The molecule has 2 aromatic rings. The van der Waals surface area contributed by atoms with Crippen molar-refractivity contribution in [2.75, 3.05) is 32.9 Å². The number of carbonyl (C=O) groups is 1. The van der Waals surface area contributed by atoms with Crippen molar-refractivity contribution < 1.29 is 13.2 Å². The molecule has 6 nitrogen and oxygen atoms in total. The zero-order chi connectivity index (χ0) is 21.6. The summed E-state index contributed by atoms with van der Waals surface area (Å²) < 4.78 is 25.5. The van der Waals surface area contributed by atoms with Crippen LogP contribution in [-0.2, 0) is 27.8 Å². The molecule has 0 radical (unpaired) electrons. The Labute approximate surface area is 179 Å². The highest BCUT2D eigenvalue weighted by Gasteiger charge is 2.26. The summed E-state index contributed by atoms with van der Waals surface area (Å²) in [4.78, 5) is 17.5. The Morgan fingerprint density at radius 2 is 1.63 bits per heavy atom. The van der Waals surface area contributed by atoms with Crippen LogP contribution in [0.2, 0.25) is 0 Å². The lowest BCUT2D eigenvalue weighted by Crippen LogP contribution is -2.39. The zero-order valence-corrected chi connectivity index (χ0v) is 18.6. The number of amides is 1. The summed E-state index contributed by atoms with van der Waals surface area (Å²) in [6, 6.07) is 17.6. The fourth-order valence-electron chi connectivity index (χ4n) is 3.91. The van der Waals surface area contributed by atoms with E-state index in [1.807, 2.05) is 54.4 Å². The quantitative estimate of drug-likeness (QED) is 0.665. The molecular formula is C23H31N3O3S. The summed E-state index contributed by atoms with van der Waals surface area (Å²) in [6.45, 7) is 3.15. The van der Waals surface area contributed by atoms with E-state index >= 15 is 0 Å². The van der Waals surface area contributed by atoms with Gasteiger partial charge in [0, 0.05) is 20.1 Å². The van der Waals surface area contributed by atoms with Crippen LogP contribution in [0.5, 0.6) is 0 Å². The van der Waals surface area contributed by atoms with Crippen molar-refractivity contribution in [2.45, 2.75) is 31.8 Å². The van der Waals surface area contributed by atoms with Gasteiger partial charge in [0.25, 0.3) is 0 Å². The van der Waals surface area contributed by atoms with E-state index < -0.39 is 10.0 Å². The molecule has 1 saturated heterocycles. The van der Waals surface area contributed by atoms with Gasteiger partial charge in [-0.3, -0.25) is 4.79 Å². The van der Waals surface area contributed by atoms with Gasteiger partial charge in [-0.2, -0.15) is 0 Å². The van der Waals surface area contributed by atoms with Gasteiger partial charge < -0.3 is 9.80 Å². The van der Waals surface area contributed by atoms with E-state index in [0.717, 1.165) is 42.6 Å². The summed E-state index contributed by atoms with van der Waals surface area (Å²) in [5.74, 6) is 0.0230. The van der Waals surface area contributed by atoms with Crippen molar-refractivity contribution >= 4 is 15.9 Å². The van der Waals surface area contributed by atoms with Gasteiger partial charge in [-0.15, -0.1) is 0 Å². The maximum atomic E-state index is 13.2. The fraction of sp³-hybridized carbons (Fsp3) is 0.435. The van der Waals surface area contributed by atoms with Crippen LogP contribution in [0, 0.1) is 0 Å². The summed E-state index contributed by atoms with van der Waals surface area (Å²) in [5.41, 5.74) is 2.80. The Kier molecular flexibility index (Phi) is 7.64. The third kappa shape index (κ3) is 6.39. The molecule has 2 aromatic carbocycles. The Balaban J connectivity index is 1.75. The molecule has 0 spiro atoms. The van der Waals surface area contributed by atoms with Crippen molar-refractivity contribution in [3.8, 4) is 0 Å². The Morgan fingerprint density at radius 3 is 2.27 bits per heavy atom. The number of nitrogens with zero attached hydrogens (tertiary/aromatic N) is 2. The second-order valence-electron chi connectivity index (χ2n) is 7.98. The maximum absolute atomic E-state index is 13.2. The Morgan fingerprint density at radius 1 is 1.03 bits per heavy atom. The normalized spacial score (nSPS) is 15.8. The molecule has 1 heterocycles. The van der Waals surface area contributed by atoms with E-state index in [0.29, 0.717) is 0 Å². The molecule has 162 valence electrons. The van der Waals surface area contributed by atoms with Gasteiger partial charge in [0.15, 0.2) is 0 Å². The first-order chi connectivity index (χ1) is 14.3. The molecule has 1 fully saturated rings. The summed E-state index contributed by atoms with van der Waals surface area (Å²) in [6.07, 6.45) is 3.79. The number of nitrogens with one attached hydrogen (secondary N) is 1. The third-order valence-electron chi connectivity index (χ3n) is 5.66. The molecule has 0 saturated carbocycles. The number of hydrogen-bond donors (Lipinski definition) is 1. The van der Waals surface area contributed by atoms with Crippen LogP contribution in [0.1, 0.15) is 35.6 Å². The molecule has 30 heavy (non-hydrogen) atoms. The minimum absolute atomic E-state index is 0.0156. The van der Waals surface area contributed by atoms with Gasteiger partial charge in [-0.05, 0) is 42.6 Å². The SMILES string of the molecule is CN(C(=O)Cc1ccccc1CNS(C)(=O)=O)[C@H](CN1CCCC1)c1ccccc1. The molecule has 0 unspecified atom stereocenters. The average Bonchev–Trinajstić information content (AvgIpc) is 3.24. The highest BCUT2D eigenvalue weighted by molar-refractivity contribution is 7.88. The fourth-order valence-corrected chi connectivity index (χ4v) is 4.33. The molecule has 1 aliphatic rings. The first kappa shape index (κ1) is 22.5. The minimum Gasteiger partial charge on any atom is -0.337 e. The highest BCUT2D eigenvalue weighted by atomic mass is 32.2. The van der Waals surface area contributed by atoms with Crippen molar-refractivity contribution in [3.63, 3.8) is 0 Å². The predicted molar refractivity (Wildman–Crippen MR) is 119 cm³/mol. The Hall–Kier alpha value is -2.22. The molecule has 1 atom stereocenters. The average molecular weight is 430 g/mol. The number of sulfonamides is 1. The number of hydrogen-bond acceptors (Lipinski definition) is 4. The minimum atomic E-state index is -3.30. The van der Waals surface area contributed by atoms with Gasteiger partial charge in [0.1, 0.15) is 0 Å². The number of likely N-dealkylation sites (tertiary alicyclic amines) is 1. The largest absolute Gasteiger partial charge is 0.337 e. The van der Waals surface area contributed by atoms with Gasteiger partial charge in [0.2, 0.25) is 15.9 Å². The van der Waals surface area contributed by atoms with Crippen LogP contribution >= 0.6 is 0 Å². The molecule has 0 aromatic heterocycles. The molecular weight excluding hydrogens is 398 g/mol. The standard InChI is InChI=1S/C23H31N3O3S/c1-25(22(18-26-14-8-9-15-26)19-10-4-3-5-11-19)23(27)16-20-12-6-7-13-21(20)17-24-30(2,28)29/h3-7,10-13,22,24H,8-9,14-18H2,1-2H3/t22-/m1/s1. The second kappa shape index (κ2) is 10.2. The number of benzene rings is 2. The molecule has 3 rings (SSSR count). The van der Waals surface area contributed by atoms with Crippen LogP contribution in [0.25, 0.3) is 0 Å². The van der Waals surface area contributed by atoms with E-state index in [9.17, 15) is 13.2 Å². The molecule has 0 aliphatic carbocycles. The predicted octanol–water partition coefficient (Wildman–Crippen LogP) is 2.57. The van der Waals surface area contributed by atoms with Crippen LogP contribution < -0.4 is 4.72 Å². The number of rotatable bonds is 9. The van der Waals surface area contributed by atoms with Gasteiger partial charge in [-0.25, -0.2) is 13.1 Å². The lowest BCUT2D eigenvalue weighted by Gasteiger charge is -2.32. The van der Waals surface area contributed by atoms with E-state index in [2.05, 4.69) is 21.8 Å². The number of likely N-dealkylation sites (N-methyl/N-ethyl adjacent to an activating group) is 1. The van der Waals surface area contributed by atoms with Crippen molar-refractivity contribution in [2.24, 2.45) is 0 Å². The second-order valence-corrected chi connectivity index (χ2v) is 9.81. The van der Waals surface area contributed by atoms with Crippen molar-refractivity contribution in [1.82, 2.24) is 14.5 Å². The van der Waals surface area contributed by atoms with Crippen LogP contribution in [-0.4, -0.2) is 57.1 Å². The highest BCUT2D eigenvalue weighted by Crippen LogP contribution is 2.24. The monoisotopic (exact) mass is 429 g/mol. The van der Waals surface area contributed by atoms with Gasteiger partial charge >= 0.3 is 0 Å². The van der Waals surface area contributed by atoms with Crippen LogP contribution in [0.3, 0.4) is 0 Å². The molecule has 1 N–H and O–H groups in total. The molecule has 0 bridgehead atoms. The lowest BCUT2D eigenvalue weighted by atomic mass is 10.0. The maximum Gasteiger partial charge on any atom is 0.227 e. The summed E-state index contributed by atoms with van der Waals surface area (Å²) in [5, 5.41) is 0. The first-order valence-corrected chi connectivity index (χ1v) is 12.3. The smallest absolute Gasteiger partial charge is 0.227 e. The van der Waals surface area contributed by atoms with Crippen LogP contribution in [0.4, 0.5) is 0 Å². The van der Waals surface area contributed by atoms with Crippen molar-refractivity contribution in [3.05, 3.63) is 71.3 Å². The summed E-state index contributed by atoms with van der Waals surface area (Å²) in [7, 11) is -1.43. The lowest BCUT2D eigenvalue weighted by molar-refractivity contribution is -0.131. The summed E-state index contributed by atoms with van der Waals surface area (Å²) >= 11 is 0. The van der Waals surface area contributed by atoms with Gasteiger partial charge in [-0.1, -0.05) is 54.6 Å².